The van der Waals surface area contributed by atoms with E-state index in [1.807, 2.05) is 6.07 Å². The minimum Gasteiger partial charge on any atom is -0.377 e. The van der Waals surface area contributed by atoms with Crippen molar-refractivity contribution in [3.63, 3.8) is 0 Å². The zero-order chi connectivity index (χ0) is 14.0. The van der Waals surface area contributed by atoms with Gasteiger partial charge in [0.2, 0.25) is 0 Å². The van der Waals surface area contributed by atoms with Crippen LogP contribution in [-0.2, 0) is 0 Å². The van der Waals surface area contributed by atoms with Gasteiger partial charge in [-0.15, -0.1) is 11.3 Å². The predicted octanol–water partition coefficient (Wildman–Crippen LogP) is 4.45. The molecular weight excluding hydrogens is 260 g/mol. The van der Waals surface area contributed by atoms with Gasteiger partial charge in [-0.25, -0.2) is 0 Å². The summed E-state index contributed by atoms with van der Waals surface area (Å²) in [6, 6.07) is 9.42. The summed E-state index contributed by atoms with van der Waals surface area (Å²) in [6.07, 6.45) is 0. The van der Waals surface area contributed by atoms with Gasteiger partial charge in [0.1, 0.15) is 0 Å². The lowest BCUT2D eigenvalue weighted by molar-refractivity contribution is -0.385. The van der Waals surface area contributed by atoms with Crippen molar-refractivity contribution in [3.8, 4) is 0 Å². The van der Waals surface area contributed by atoms with Crippen molar-refractivity contribution in [3.05, 3.63) is 55.8 Å². The molecule has 0 aliphatic carbocycles. The first-order chi connectivity index (χ1) is 8.99. The van der Waals surface area contributed by atoms with Gasteiger partial charge in [0.05, 0.1) is 11.0 Å². The Balaban J connectivity index is 2.24. The van der Waals surface area contributed by atoms with Crippen molar-refractivity contribution in [1.29, 1.82) is 0 Å². The van der Waals surface area contributed by atoms with Crippen LogP contribution in [0.3, 0.4) is 0 Å². The second kappa shape index (κ2) is 5.40. The van der Waals surface area contributed by atoms with Crippen molar-refractivity contribution in [2.24, 2.45) is 0 Å². The first-order valence-electron chi connectivity index (χ1n) is 6.06. The first kappa shape index (κ1) is 13.5. The van der Waals surface area contributed by atoms with E-state index in [9.17, 15) is 10.1 Å². The number of rotatable bonds is 4. The second-order valence-electron chi connectivity index (χ2n) is 4.52. The lowest BCUT2D eigenvalue weighted by atomic mass is 10.1. The fourth-order valence-corrected chi connectivity index (χ4v) is 2.85. The molecule has 100 valence electrons. The molecule has 19 heavy (non-hydrogen) atoms. The zero-order valence-electron chi connectivity index (χ0n) is 11.1. The lowest BCUT2D eigenvalue weighted by Crippen LogP contribution is -2.07. The summed E-state index contributed by atoms with van der Waals surface area (Å²) in [6.45, 7) is 5.90. The number of thiophene rings is 1. The maximum atomic E-state index is 10.9. The van der Waals surface area contributed by atoms with E-state index < -0.39 is 0 Å². The molecule has 1 N–H and O–H groups in total. The summed E-state index contributed by atoms with van der Waals surface area (Å²) in [7, 11) is 0. The Morgan fingerprint density at radius 2 is 2.00 bits per heavy atom. The number of nitro groups is 1. The Bertz CT molecular complexity index is 607. The lowest BCUT2D eigenvalue weighted by Gasteiger charge is -2.15. The van der Waals surface area contributed by atoms with E-state index in [0.29, 0.717) is 5.56 Å². The van der Waals surface area contributed by atoms with Crippen molar-refractivity contribution in [2.75, 3.05) is 5.32 Å². The Hall–Kier alpha value is -1.88. The van der Waals surface area contributed by atoms with E-state index in [1.165, 1.54) is 15.8 Å². The van der Waals surface area contributed by atoms with Crippen LogP contribution in [0.5, 0.6) is 0 Å². The zero-order valence-corrected chi connectivity index (χ0v) is 12.0. The fourth-order valence-electron chi connectivity index (χ4n) is 1.97. The van der Waals surface area contributed by atoms with Gasteiger partial charge >= 0.3 is 0 Å². The number of anilines is 1. The highest BCUT2D eigenvalue weighted by Crippen LogP contribution is 2.30. The van der Waals surface area contributed by atoms with Gasteiger partial charge in [-0.1, -0.05) is 6.07 Å². The number of nitro benzene ring substituents is 1. The molecule has 0 amide bonds. The highest BCUT2D eigenvalue weighted by Gasteiger charge is 2.15. The van der Waals surface area contributed by atoms with Crippen molar-refractivity contribution < 1.29 is 4.92 Å². The van der Waals surface area contributed by atoms with Gasteiger partial charge in [0.15, 0.2) is 0 Å². The van der Waals surface area contributed by atoms with E-state index in [4.69, 9.17) is 0 Å². The number of hydrogen-bond donors (Lipinski definition) is 1. The second-order valence-corrected chi connectivity index (χ2v) is 5.84. The number of hydrogen-bond acceptors (Lipinski definition) is 4. The SMILES string of the molecule is Cc1ccc(C(C)Nc2cccc([N+](=O)[O-])c2C)s1. The summed E-state index contributed by atoms with van der Waals surface area (Å²) in [5.74, 6) is 0. The molecule has 2 rings (SSSR count). The summed E-state index contributed by atoms with van der Waals surface area (Å²) in [4.78, 5) is 13.1. The average Bonchev–Trinajstić information content (AvgIpc) is 2.78. The molecule has 1 aromatic carbocycles. The van der Waals surface area contributed by atoms with Crippen LogP contribution in [0, 0.1) is 24.0 Å². The maximum absolute atomic E-state index is 10.9. The van der Waals surface area contributed by atoms with Gasteiger partial charge in [-0.2, -0.15) is 0 Å². The normalized spacial score (nSPS) is 12.2. The van der Waals surface area contributed by atoms with Crippen LogP contribution >= 0.6 is 11.3 Å². The van der Waals surface area contributed by atoms with Crippen LogP contribution in [0.1, 0.15) is 28.3 Å². The average molecular weight is 276 g/mol. The van der Waals surface area contributed by atoms with Crippen LogP contribution < -0.4 is 5.32 Å². The van der Waals surface area contributed by atoms with Gasteiger partial charge in [0.25, 0.3) is 5.69 Å². The molecule has 0 saturated heterocycles. The Kier molecular flexibility index (Phi) is 3.85. The minimum atomic E-state index is -0.347. The molecule has 0 spiro atoms. The van der Waals surface area contributed by atoms with Crippen LogP contribution in [0.15, 0.2) is 30.3 Å². The van der Waals surface area contributed by atoms with Gasteiger partial charge < -0.3 is 5.32 Å². The number of aryl methyl sites for hydroxylation is 1. The molecule has 0 radical (unpaired) electrons. The molecule has 1 aromatic heterocycles. The van der Waals surface area contributed by atoms with E-state index in [-0.39, 0.29) is 16.7 Å². The smallest absolute Gasteiger partial charge is 0.274 e. The maximum Gasteiger partial charge on any atom is 0.274 e. The van der Waals surface area contributed by atoms with Crippen molar-refractivity contribution in [1.82, 2.24) is 0 Å². The molecule has 4 nitrogen and oxygen atoms in total. The molecule has 1 atom stereocenters. The molecule has 0 bridgehead atoms. The summed E-state index contributed by atoms with van der Waals surface area (Å²) >= 11 is 1.74. The van der Waals surface area contributed by atoms with E-state index in [2.05, 4.69) is 31.3 Å². The standard InChI is InChI=1S/C14H16N2O2S/c1-9-7-8-14(19-9)11(3)15-12-5-4-6-13(10(12)2)16(17)18/h4-8,11,15H,1-3H3. The predicted molar refractivity (Wildman–Crippen MR) is 78.9 cm³/mol. The number of nitrogens with zero attached hydrogens (tertiary/aromatic N) is 1. The molecule has 1 heterocycles. The number of nitrogens with one attached hydrogen (secondary N) is 1. The molecule has 2 aromatic rings. The minimum absolute atomic E-state index is 0.138. The largest absolute Gasteiger partial charge is 0.377 e. The van der Waals surface area contributed by atoms with Gasteiger partial charge in [-0.3, -0.25) is 10.1 Å². The Labute approximate surface area is 116 Å². The van der Waals surface area contributed by atoms with E-state index in [0.717, 1.165) is 5.69 Å². The van der Waals surface area contributed by atoms with Crippen molar-refractivity contribution >= 4 is 22.7 Å². The molecular formula is C14H16N2O2S. The highest BCUT2D eigenvalue weighted by atomic mass is 32.1. The first-order valence-corrected chi connectivity index (χ1v) is 6.87. The topological polar surface area (TPSA) is 55.2 Å². The van der Waals surface area contributed by atoms with Gasteiger partial charge in [0, 0.05) is 27.1 Å². The van der Waals surface area contributed by atoms with Crippen LogP contribution in [0.4, 0.5) is 11.4 Å². The molecule has 5 heteroatoms. The fraction of sp³-hybridized carbons (Fsp3) is 0.286. The van der Waals surface area contributed by atoms with E-state index in [1.54, 1.807) is 24.3 Å². The summed E-state index contributed by atoms with van der Waals surface area (Å²) in [5, 5.41) is 14.3. The Morgan fingerprint density at radius 3 is 2.58 bits per heavy atom. The summed E-state index contributed by atoms with van der Waals surface area (Å²) < 4.78 is 0. The third kappa shape index (κ3) is 2.93. The third-order valence-electron chi connectivity index (χ3n) is 3.06. The van der Waals surface area contributed by atoms with Crippen LogP contribution in [0.25, 0.3) is 0 Å². The van der Waals surface area contributed by atoms with Crippen molar-refractivity contribution in [2.45, 2.75) is 26.8 Å². The van der Waals surface area contributed by atoms with Crippen LogP contribution in [0.2, 0.25) is 0 Å². The Morgan fingerprint density at radius 1 is 1.26 bits per heavy atom. The van der Waals surface area contributed by atoms with Crippen LogP contribution in [-0.4, -0.2) is 4.92 Å². The highest BCUT2D eigenvalue weighted by molar-refractivity contribution is 7.12. The van der Waals surface area contributed by atoms with E-state index >= 15 is 0 Å². The molecule has 0 aliphatic rings. The molecule has 0 saturated carbocycles. The number of benzene rings is 1. The molecule has 0 aliphatic heterocycles. The quantitative estimate of drug-likeness (QED) is 0.663. The molecule has 0 fully saturated rings. The summed E-state index contributed by atoms with van der Waals surface area (Å²) in [5.41, 5.74) is 1.64. The third-order valence-corrected chi connectivity index (χ3v) is 4.25. The van der Waals surface area contributed by atoms with Gasteiger partial charge in [-0.05, 0) is 39.0 Å². The monoisotopic (exact) mass is 276 g/mol. The molecule has 1 unspecified atom stereocenters.